The molecule has 4 atom stereocenters. The zero-order valence-electron chi connectivity index (χ0n) is 30.6. The molecule has 2 N–H and O–H groups in total. The number of carbonyl (C=O) groups excluding carboxylic acids is 1. The number of esters is 1. The van der Waals surface area contributed by atoms with Crippen molar-refractivity contribution in [1.82, 2.24) is 0 Å². The van der Waals surface area contributed by atoms with E-state index in [1.807, 2.05) is 0 Å². The van der Waals surface area contributed by atoms with Crippen LogP contribution in [0.4, 0.5) is 35.1 Å². The summed E-state index contributed by atoms with van der Waals surface area (Å²) in [6.45, 7) is 4.38. The summed E-state index contributed by atoms with van der Waals surface area (Å²) in [6.07, 6.45) is -12.5. The molecule has 2 aliphatic carbocycles. The van der Waals surface area contributed by atoms with Crippen molar-refractivity contribution in [2.75, 3.05) is 13.2 Å². The predicted octanol–water partition coefficient (Wildman–Crippen LogP) is 9.32. The van der Waals surface area contributed by atoms with Crippen LogP contribution < -0.4 is 0 Å². The molecule has 3 aromatic rings. The smallest absolute Gasteiger partial charge is 0.426 e. The van der Waals surface area contributed by atoms with E-state index in [2.05, 4.69) is 110 Å². The van der Waals surface area contributed by atoms with Crippen LogP contribution in [0, 0.1) is 17.8 Å². The van der Waals surface area contributed by atoms with Gasteiger partial charge in [-0.05, 0) is 90.8 Å². The molecule has 0 heterocycles. The highest BCUT2D eigenvalue weighted by atomic mass is 32.2. The van der Waals surface area contributed by atoms with Gasteiger partial charge in [0.1, 0.15) is 12.7 Å². The number of rotatable bonds is 12. The maximum atomic E-state index is 13.0. The lowest BCUT2D eigenvalue weighted by Crippen LogP contribution is -2.58. The van der Waals surface area contributed by atoms with Crippen LogP contribution in [-0.2, 0) is 40.7 Å². The average molecular weight is 840 g/mol. The Kier molecular flexibility index (Phi) is 14.2. The normalized spacial score (nSPS) is 20.6. The summed E-state index contributed by atoms with van der Waals surface area (Å²) in [7, 11) is -5.75. The van der Waals surface area contributed by atoms with E-state index in [1.54, 1.807) is 0 Å². The molecule has 7 nitrogen and oxygen atoms in total. The number of fused-ring (bicyclic) bond motifs is 2. The van der Waals surface area contributed by atoms with Gasteiger partial charge in [0.2, 0.25) is 0 Å². The molecular weight excluding hydrogens is 797 g/mol. The number of hydrogen-bond acceptors (Lipinski definition) is 6. The van der Waals surface area contributed by atoms with Crippen molar-refractivity contribution in [3.05, 3.63) is 103 Å². The summed E-state index contributed by atoms with van der Waals surface area (Å²) in [5.41, 5.74) is -3.33. The van der Waals surface area contributed by atoms with Crippen LogP contribution in [0.2, 0.25) is 0 Å². The third kappa shape index (κ3) is 11.1. The minimum Gasteiger partial charge on any atom is -0.459 e. The van der Waals surface area contributed by atoms with Crippen LogP contribution in [0.5, 0.6) is 0 Å². The zero-order chi connectivity index (χ0) is 41.7. The lowest BCUT2D eigenvalue weighted by molar-refractivity contribution is -0.373. The molecule has 0 amide bonds. The maximum absolute atomic E-state index is 13.0. The average Bonchev–Trinajstić information content (AvgIpc) is 3.68. The van der Waals surface area contributed by atoms with Crippen molar-refractivity contribution in [3.63, 3.8) is 0 Å². The molecule has 3 aromatic carbocycles. The van der Waals surface area contributed by atoms with Crippen molar-refractivity contribution >= 4 is 27.0 Å². The molecule has 56 heavy (non-hydrogen) atoms. The molecule has 0 aliphatic heterocycles. The highest BCUT2D eigenvalue weighted by molar-refractivity contribution is 7.97. The molecule has 2 bridgehead atoms. The van der Waals surface area contributed by atoms with E-state index < -0.39 is 76.9 Å². The van der Waals surface area contributed by atoms with Gasteiger partial charge < -0.3 is 14.6 Å². The molecule has 308 valence electrons. The van der Waals surface area contributed by atoms with E-state index in [0.29, 0.717) is 6.08 Å². The van der Waals surface area contributed by atoms with Gasteiger partial charge in [0.15, 0.2) is 14.7 Å². The van der Waals surface area contributed by atoms with E-state index in [1.165, 1.54) is 20.2 Å². The van der Waals surface area contributed by atoms with Gasteiger partial charge in [-0.2, -0.15) is 43.5 Å². The van der Waals surface area contributed by atoms with Crippen molar-refractivity contribution in [2.24, 2.45) is 17.8 Å². The van der Waals surface area contributed by atoms with E-state index in [0.717, 1.165) is 6.08 Å². The number of ether oxygens (including phenoxy) is 2. The Morgan fingerprint density at radius 1 is 0.786 bits per heavy atom. The molecule has 2 fully saturated rings. The van der Waals surface area contributed by atoms with Crippen molar-refractivity contribution in [1.29, 1.82) is 0 Å². The minimum atomic E-state index is -5.95. The Morgan fingerprint density at radius 3 is 1.73 bits per heavy atom. The van der Waals surface area contributed by atoms with Crippen molar-refractivity contribution < 1.29 is 67.5 Å². The summed E-state index contributed by atoms with van der Waals surface area (Å²) in [5.74, 6) is -3.41. The molecule has 0 saturated heterocycles. The van der Waals surface area contributed by atoms with Gasteiger partial charge in [-0.15, -0.1) is 0 Å². The van der Waals surface area contributed by atoms with Crippen LogP contribution in [0.15, 0.2) is 112 Å². The second kappa shape index (κ2) is 17.5. The maximum Gasteiger partial charge on any atom is 0.426 e. The van der Waals surface area contributed by atoms with Crippen molar-refractivity contribution in [3.8, 4) is 0 Å². The Bertz CT molecular complexity index is 1830. The Labute approximate surface area is 323 Å². The van der Waals surface area contributed by atoms with Crippen LogP contribution >= 0.6 is 0 Å². The molecule has 4 unspecified atom stereocenters. The highest BCUT2D eigenvalue weighted by Gasteiger charge is 2.71. The molecule has 5 rings (SSSR count). The van der Waals surface area contributed by atoms with Gasteiger partial charge in [0.05, 0.1) is 17.5 Å². The van der Waals surface area contributed by atoms with Gasteiger partial charge >= 0.3 is 33.7 Å². The van der Waals surface area contributed by atoms with E-state index in [9.17, 15) is 53.4 Å². The molecule has 0 spiro atoms. The lowest BCUT2D eigenvalue weighted by Gasteiger charge is -2.37. The summed E-state index contributed by atoms with van der Waals surface area (Å²) in [6, 6.07) is 30.7. The highest BCUT2D eigenvalue weighted by Crippen LogP contribution is 2.56. The third-order valence-corrected chi connectivity index (χ3v) is 12.8. The Balaban J connectivity index is 0.000000264. The number of alkyl halides is 8. The fraction of sp³-hybridized carbons (Fsp3) is 0.462. The summed E-state index contributed by atoms with van der Waals surface area (Å²) in [4.78, 5) is 15.9. The zero-order valence-corrected chi connectivity index (χ0v) is 32.2. The molecule has 0 aromatic heterocycles. The Hall–Kier alpha value is -3.51. The molecule has 0 radical (unpaired) electrons. The quantitative estimate of drug-likeness (QED) is 0.0468. The SMILES string of the molecule is CC(C)(C)c1ccc([S+](c2ccccc2)c2ccccc2)cc1.O=C(C=CCOCC(F)(F)S(=O)(=O)O)OC1CC2CC(CC(O)(C(F)(F)F)C(F)(F)F)C1C2. The van der Waals surface area contributed by atoms with Gasteiger partial charge in [0, 0.05) is 6.08 Å². The van der Waals surface area contributed by atoms with Crippen molar-refractivity contribution in [2.45, 2.75) is 95.9 Å². The third-order valence-electron chi connectivity index (χ3n) is 9.68. The fourth-order valence-electron chi connectivity index (χ4n) is 6.83. The second-order valence-corrected chi connectivity index (χ2v) is 18.3. The fourth-order valence-corrected chi connectivity index (χ4v) is 9.15. The Morgan fingerprint density at radius 2 is 1.29 bits per heavy atom. The van der Waals surface area contributed by atoms with Crippen LogP contribution in [0.1, 0.15) is 52.0 Å². The van der Waals surface area contributed by atoms with Gasteiger partial charge in [-0.1, -0.05) is 75.4 Å². The van der Waals surface area contributed by atoms with E-state index in [-0.39, 0.29) is 41.5 Å². The first-order valence-electron chi connectivity index (χ1n) is 17.4. The number of benzene rings is 3. The van der Waals surface area contributed by atoms with E-state index >= 15 is 0 Å². The molecule has 2 aliphatic rings. The molecule has 17 heteroatoms. The largest absolute Gasteiger partial charge is 0.459 e. The molecular formula is C39H43F8O7S2+. The summed E-state index contributed by atoms with van der Waals surface area (Å²) >= 11 is 0. The predicted molar refractivity (Wildman–Crippen MR) is 193 cm³/mol. The summed E-state index contributed by atoms with van der Waals surface area (Å²) < 4.78 is 142. The number of aliphatic hydroxyl groups is 1. The second-order valence-electron chi connectivity index (χ2n) is 14.8. The first-order valence-corrected chi connectivity index (χ1v) is 20.1. The standard InChI is InChI=1S/C22H23S.C17H20F8O7S/c1-22(2,3)18-14-16-21(17-15-18)23(19-10-6-4-7-11-19)20-12-8-5-9-13-20;18-15(19,33(28,29)30)8-31-3-1-2-13(26)32-12-6-9-4-10(11(12)5-9)7-14(27,16(20,21)22)17(23,24)25/h4-17H,1-3H3;1-2,9-12,27H,3-8H2,(H,28,29,30)/q+1;. The van der Waals surface area contributed by atoms with E-state index in [4.69, 9.17) is 9.29 Å². The van der Waals surface area contributed by atoms with Crippen LogP contribution in [0.25, 0.3) is 0 Å². The van der Waals surface area contributed by atoms with Crippen LogP contribution in [-0.4, -0.2) is 66.6 Å². The monoisotopic (exact) mass is 839 g/mol. The number of hydrogen-bond donors (Lipinski definition) is 2. The first-order chi connectivity index (χ1) is 25.8. The number of carbonyl (C=O) groups is 1. The molecule has 2 saturated carbocycles. The lowest BCUT2D eigenvalue weighted by atomic mass is 9.78. The summed E-state index contributed by atoms with van der Waals surface area (Å²) in [5, 5.41) is 4.85. The van der Waals surface area contributed by atoms with Gasteiger partial charge in [-0.3, -0.25) is 4.55 Å². The van der Waals surface area contributed by atoms with Crippen LogP contribution in [0.3, 0.4) is 0 Å². The minimum absolute atomic E-state index is 0.00115. The van der Waals surface area contributed by atoms with Gasteiger partial charge in [-0.25, -0.2) is 4.79 Å². The topological polar surface area (TPSA) is 110 Å². The van der Waals surface area contributed by atoms with Gasteiger partial charge in [0.25, 0.3) is 5.60 Å². The first kappa shape index (κ1) is 45.2. The number of halogens is 8.